The largest absolute Gasteiger partial charge is 0.465 e. The van der Waals surface area contributed by atoms with E-state index in [-0.39, 0.29) is 5.41 Å². The summed E-state index contributed by atoms with van der Waals surface area (Å²) in [5.74, 6) is 0.631. The van der Waals surface area contributed by atoms with Gasteiger partial charge in [0, 0.05) is 5.41 Å². The number of benzene rings is 1. The van der Waals surface area contributed by atoms with Crippen LogP contribution < -0.4 is 4.74 Å². The molecular weight excluding hydrogens is 302 g/mol. The third-order valence-corrected chi connectivity index (χ3v) is 4.69. The fourth-order valence-corrected chi connectivity index (χ4v) is 2.99. The summed E-state index contributed by atoms with van der Waals surface area (Å²) >= 11 is 0. The number of aryl methyl sites for hydroxylation is 3. The Labute approximate surface area is 142 Å². The summed E-state index contributed by atoms with van der Waals surface area (Å²) in [6.07, 6.45) is 2.22. The van der Waals surface area contributed by atoms with E-state index in [1.54, 1.807) is 6.07 Å². The summed E-state index contributed by atoms with van der Waals surface area (Å²) in [4.78, 5) is 16.7. The standard InChI is InChI=1S/C20H23NO3/c1-12-10-13(2)17(14(3)11-12)24-18-15(19(22)23-5)6-7-16(21-18)20(4)8-9-20/h6-7,10-11H,8-9H2,1-5H3. The van der Waals surface area contributed by atoms with Crippen LogP contribution >= 0.6 is 0 Å². The molecule has 1 heterocycles. The van der Waals surface area contributed by atoms with E-state index in [1.807, 2.05) is 19.9 Å². The molecule has 0 N–H and O–H groups in total. The predicted octanol–water partition coefficient (Wildman–Crippen LogP) is 4.64. The molecule has 0 saturated heterocycles. The molecule has 0 aliphatic heterocycles. The maximum absolute atomic E-state index is 12.1. The zero-order valence-electron chi connectivity index (χ0n) is 14.9. The second-order valence-corrected chi connectivity index (χ2v) is 6.93. The Hall–Kier alpha value is -2.36. The molecular formula is C20H23NO3. The summed E-state index contributed by atoms with van der Waals surface area (Å²) in [6, 6.07) is 7.78. The highest BCUT2D eigenvalue weighted by Crippen LogP contribution is 2.47. The first-order chi connectivity index (χ1) is 11.3. The molecule has 0 unspecified atom stereocenters. The summed E-state index contributed by atoms with van der Waals surface area (Å²) < 4.78 is 11.0. The van der Waals surface area contributed by atoms with Gasteiger partial charge < -0.3 is 9.47 Å². The van der Waals surface area contributed by atoms with E-state index in [0.29, 0.717) is 11.4 Å². The van der Waals surface area contributed by atoms with E-state index >= 15 is 0 Å². The van der Waals surface area contributed by atoms with Crippen molar-refractivity contribution in [1.29, 1.82) is 0 Å². The third kappa shape index (κ3) is 3.01. The minimum absolute atomic E-state index is 0.101. The summed E-state index contributed by atoms with van der Waals surface area (Å²) in [5.41, 5.74) is 4.64. The van der Waals surface area contributed by atoms with Crippen molar-refractivity contribution < 1.29 is 14.3 Å². The van der Waals surface area contributed by atoms with Crippen molar-refractivity contribution in [2.45, 2.75) is 46.0 Å². The van der Waals surface area contributed by atoms with Gasteiger partial charge in [0.25, 0.3) is 0 Å². The maximum atomic E-state index is 12.1. The van der Waals surface area contributed by atoms with Crippen LogP contribution in [0.25, 0.3) is 0 Å². The lowest BCUT2D eigenvalue weighted by molar-refractivity contribution is 0.0597. The first-order valence-electron chi connectivity index (χ1n) is 8.19. The number of hydrogen-bond donors (Lipinski definition) is 0. The summed E-state index contributed by atoms with van der Waals surface area (Å²) in [7, 11) is 1.37. The number of pyridine rings is 1. The molecule has 0 bridgehead atoms. The number of hydrogen-bond acceptors (Lipinski definition) is 4. The molecule has 1 aliphatic rings. The molecule has 0 radical (unpaired) electrons. The average molecular weight is 325 g/mol. The van der Waals surface area contributed by atoms with E-state index in [4.69, 9.17) is 9.47 Å². The highest BCUT2D eigenvalue weighted by atomic mass is 16.5. The van der Waals surface area contributed by atoms with Gasteiger partial charge in [-0.3, -0.25) is 0 Å². The molecule has 0 spiro atoms. The SMILES string of the molecule is COC(=O)c1ccc(C2(C)CC2)nc1Oc1c(C)cc(C)cc1C. The van der Waals surface area contributed by atoms with Gasteiger partial charge in [-0.1, -0.05) is 24.6 Å². The van der Waals surface area contributed by atoms with Gasteiger partial charge >= 0.3 is 5.97 Å². The van der Waals surface area contributed by atoms with E-state index in [0.717, 1.165) is 35.4 Å². The third-order valence-electron chi connectivity index (χ3n) is 4.69. The van der Waals surface area contributed by atoms with Crippen LogP contribution in [0.3, 0.4) is 0 Å². The smallest absolute Gasteiger partial charge is 0.343 e. The molecule has 4 heteroatoms. The second-order valence-electron chi connectivity index (χ2n) is 6.93. The first kappa shape index (κ1) is 16.5. The van der Waals surface area contributed by atoms with Crippen LogP contribution in [0.4, 0.5) is 0 Å². The Balaban J connectivity index is 2.06. The van der Waals surface area contributed by atoms with E-state index < -0.39 is 5.97 Å². The van der Waals surface area contributed by atoms with Crippen molar-refractivity contribution in [1.82, 2.24) is 4.98 Å². The van der Waals surface area contributed by atoms with Crippen molar-refractivity contribution in [3.05, 3.63) is 52.2 Å². The van der Waals surface area contributed by atoms with Crippen molar-refractivity contribution in [2.75, 3.05) is 7.11 Å². The van der Waals surface area contributed by atoms with Gasteiger partial charge in [-0.05, 0) is 56.9 Å². The summed E-state index contributed by atoms with van der Waals surface area (Å²) in [5, 5.41) is 0. The molecule has 1 aromatic heterocycles. The predicted molar refractivity (Wildman–Crippen MR) is 92.9 cm³/mol. The number of nitrogens with zero attached hydrogens (tertiary/aromatic N) is 1. The quantitative estimate of drug-likeness (QED) is 0.769. The summed E-state index contributed by atoms with van der Waals surface area (Å²) in [6.45, 7) is 8.23. The molecule has 1 fully saturated rings. The zero-order valence-corrected chi connectivity index (χ0v) is 14.9. The van der Waals surface area contributed by atoms with Crippen LogP contribution in [0.5, 0.6) is 11.6 Å². The number of carbonyl (C=O) groups excluding carboxylic acids is 1. The first-order valence-corrected chi connectivity index (χ1v) is 8.19. The normalized spacial score (nSPS) is 15.0. The number of ether oxygens (including phenoxy) is 2. The molecule has 2 aromatic rings. The lowest BCUT2D eigenvalue weighted by Crippen LogP contribution is -2.10. The Morgan fingerprint density at radius 1 is 1.12 bits per heavy atom. The number of methoxy groups -OCH3 is 1. The molecule has 1 aromatic carbocycles. The van der Waals surface area contributed by atoms with E-state index in [1.165, 1.54) is 12.7 Å². The Kier molecular flexibility index (Phi) is 4.08. The van der Waals surface area contributed by atoms with Gasteiger partial charge in [-0.2, -0.15) is 0 Å². The maximum Gasteiger partial charge on any atom is 0.343 e. The van der Waals surface area contributed by atoms with Crippen LogP contribution in [0.1, 0.15) is 52.5 Å². The van der Waals surface area contributed by atoms with Crippen LogP contribution in [0, 0.1) is 20.8 Å². The monoisotopic (exact) mass is 325 g/mol. The van der Waals surface area contributed by atoms with Crippen molar-refractivity contribution in [2.24, 2.45) is 0 Å². The van der Waals surface area contributed by atoms with Gasteiger partial charge in [0.1, 0.15) is 11.3 Å². The molecule has 0 atom stereocenters. The molecule has 3 rings (SSSR count). The minimum atomic E-state index is -0.438. The Bertz CT molecular complexity index is 784. The van der Waals surface area contributed by atoms with Gasteiger partial charge in [0.2, 0.25) is 5.88 Å². The van der Waals surface area contributed by atoms with Crippen LogP contribution in [-0.4, -0.2) is 18.1 Å². The van der Waals surface area contributed by atoms with Crippen LogP contribution in [0.15, 0.2) is 24.3 Å². The highest BCUT2D eigenvalue weighted by molar-refractivity contribution is 5.92. The number of aromatic nitrogens is 1. The van der Waals surface area contributed by atoms with Crippen molar-refractivity contribution >= 4 is 5.97 Å². The highest BCUT2D eigenvalue weighted by Gasteiger charge is 2.41. The number of carbonyl (C=O) groups is 1. The van der Waals surface area contributed by atoms with E-state index in [9.17, 15) is 4.79 Å². The zero-order chi connectivity index (χ0) is 17.5. The molecule has 1 aliphatic carbocycles. The number of esters is 1. The second kappa shape index (κ2) is 5.93. The molecule has 24 heavy (non-hydrogen) atoms. The topological polar surface area (TPSA) is 48.4 Å². The van der Waals surface area contributed by atoms with Crippen LogP contribution in [-0.2, 0) is 10.2 Å². The van der Waals surface area contributed by atoms with Crippen molar-refractivity contribution in [3.63, 3.8) is 0 Å². The number of rotatable bonds is 4. The van der Waals surface area contributed by atoms with Gasteiger partial charge in [-0.25, -0.2) is 9.78 Å². The molecule has 1 saturated carbocycles. The fourth-order valence-electron chi connectivity index (χ4n) is 2.99. The van der Waals surface area contributed by atoms with E-state index in [2.05, 4.69) is 31.0 Å². The average Bonchev–Trinajstić information content (AvgIpc) is 3.29. The minimum Gasteiger partial charge on any atom is -0.465 e. The van der Waals surface area contributed by atoms with Gasteiger partial charge in [0.15, 0.2) is 0 Å². The lowest BCUT2D eigenvalue weighted by atomic mass is 10.0. The fraction of sp³-hybridized carbons (Fsp3) is 0.400. The van der Waals surface area contributed by atoms with Crippen molar-refractivity contribution in [3.8, 4) is 11.6 Å². The van der Waals surface area contributed by atoms with Gasteiger partial charge in [-0.15, -0.1) is 0 Å². The lowest BCUT2D eigenvalue weighted by Gasteiger charge is -2.16. The van der Waals surface area contributed by atoms with Crippen LogP contribution in [0.2, 0.25) is 0 Å². The molecule has 0 amide bonds. The molecule has 126 valence electrons. The van der Waals surface area contributed by atoms with Gasteiger partial charge in [0.05, 0.1) is 12.8 Å². The molecule has 4 nitrogen and oxygen atoms in total. The Morgan fingerprint density at radius 3 is 2.29 bits per heavy atom. The Morgan fingerprint density at radius 2 is 1.75 bits per heavy atom.